The molecule has 0 amide bonds. The van der Waals surface area contributed by atoms with Crippen molar-refractivity contribution in [3.8, 4) is 0 Å². The zero-order valence-corrected chi connectivity index (χ0v) is 21.6. The molecule has 0 aliphatic carbocycles. The van der Waals surface area contributed by atoms with Gasteiger partial charge in [0.05, 0.1) is 0 Å². The molecule has 0 N–H and O–H groups in total. The van der Waals surface area contributed by atoms with Gasteiger partial charge in [-0.1, -0.05) is 121 Å². The molecule has 0 unspecified atom stereocenters. The third-order valence-electron chi connectivity index (χ3n) is 5.70. The Bertz CT molecular complexity index is 1390. The predicted octanol–water partition coefficient (Wildman–Crippen LogP) is 6.43. The van der Waals surface area contributed by atoms with Crippen molar-refractivity contribution in [3.63, 3.8) is 0 Å². The summed E-state index contributed by atoms with van der Waals surface area (Å²) in [5.41, 5.74) is -0.580. The Morgan fingerprint density at radius 2 is 0.524 bits per heavy atom. The summed E-state index contributed by atoms with van der Waals surface area (Å²) in [4.78, 5) is 0. The summed E-state index contributed by atoms with van der Waals surface area (Å²) in [6.45, 7) is 0. The smallest absolute Gasteiger partial charge is 0.519 e. The van der Waals surface area contributed by atoms with Crippen LogP contribution in [0, 0.1) is 0 Å². The molecular weight excluding hydrogens is 554 g/mol. The van der Waals surface area contributed by atoms with E-state index >= 15 is 17.3 Å². The van der Waals surface area contributed by atoms with Crippen LogP contribution in [0.3, 0.4) is 0 Å². The first kappa shape index (κ1) is 28.1. The minimum absolute atomic E-state index is 0.206. The molecule has 5 rings (SSSR count). The number of hydrogen-bond donors (Lipinski definition) is 0. The molecule has 1 heterocycles. The summed E-state index contributed by atoms with van der Waals surface area (Å²) in [7, 11) is -10.4. The highest BCUT2D eigenvalue weighted by atomic mass is 19.3. The highest BCUT2D eigenvalue weighted by Gasteiger charge is 2.38. The standard InChI is InChI=1S/C28H20B2F4N4O4/c31-29(32)39-35-25(21-13-5-1-6-14-21)26(22-15-7-2-8-16-22)36-40-30(33,34)42-38-28(24-19-11-4-12-20-24)27(37-41-29)23-17-9-3-10-18-23/h1-20H/q-2. The largest absolute Gasteiger partial charge is 0.766 e. The topological polar surface area (TPSA) is 86.4 Å². The highest BCUT2D eigenvalue weighted by Crippen LogP contribution is 2.21. The summed E-state index contributed by atoms with van der Waals surface area (Å²) in [6, 6.07) is 31.3. The Morgan fingerprint density at radius 3 is 0.714 bits per heavy atom. The zero-order valence-electron chi connectivity index (χ0n) is 21.6. The minimum atomic E-state index is -5.20. The van der Waals surface area contributed by atoms with Crippen molar-refractivity contribution < 1.29 is 36.3 Å². The number of halogens is 4. The molecule has 14 heteroatoms. The second-order valence-electron chi connectivity index (χ2n) is 8.72. The van der Waals surface area contributed by atoms with Gasteiger partial charge in [0.2, 0.25) is 0 Å². The summed E-state index contributed by atoms with van der Waals surface area (Å²) >= 11 is 0. The number of oxime groups is 4. The number of rotatable bonds is 4. The van der Waals surface area contributed by atoms with Crippen LogP contribution in [0.2, 0.25) is 0 Å². The van der Waals surface area contributed by atoms with Crippen LogP contribution in [0.1, 0.15) is 22.3 Å². The number of nitrogens with zero attached hydrogens (tertiary/aromatic N) is 4. The van der Waals surface area contributed by atoms with E-state index in [1.54, 1.807) is 72.8 Å². The SMILES string of the molecule is F[B-]1(F)ON=C(c2ccccc2)C(c2ccccc2)=NO[B-](F)(F)ON=C(c2ccccc2)C(c2ccccc2)=NO1. The second-order valence-corrected chi connectivity index (χ2v) is 8.72. The monoisotopic (exact) mass is 574 g/mol. The Labute approximate surface area is 237 Å². The first-order chi connectivity index (χ1) is 20.3. The summed E-state index contributed by atoms with van der Waals surface area (Å²) in [6.07, 6.45) is 0. The molecule has 0 saturated heterocycles. The molecule has 42 heavy (non-hydrogen) atoms. The molecule has 0 bridgehead atoms. The van der Waals surface area contributed by atoms with Crippen molar-refractivity contribution in [2.24, 2.45) is 20.6 Å². The Kier molecular flexibility index (Phi) is 8.32. The second kappa shape index (κ2) is 12.4. The number of hydrogen-bond acceptors (Lipinski definition) is 8. The van der Waals surface area contributed by atoms with E-state index in [1.165, 1.54) is 48.5 Å². The lowest BCUT2D eigenvalue weighted by Crippen LogP contribution is -2.34. The lowest BCUT2D eigenvalue weighted by atomic mass is 10.00. The van der Waals surface area contributed by atoms with Crippen LogP contribution in [0.4, 0.5) is 17.3 Å². The first-order valence-electron chi connectivity index (χ1n) is 12.6. The van der Waals surface area contributed by atoms with E-state index in [0.29, 0.717) is 0 Å². The van der Waals surface area contributed by atoms with Crippen LogP contribution in [-0.2, 0) is 19.0 Å². The Morgan fingerprint density at radius 1 is 0.333 bits per heavy atom. The van der Waals surface area contributed by atoms with Crippen LogP contribution >= 0.6 is 0 Å². The van der Waals surface area contributed by atoms with Crippen molar-refractivity contribution in [2.75, 3.05) is 0 Å². The fraction of sp³-hybridized carbons (Fsp3) is 0. The van der Waals surface area contributed by atoms with Crippen molar-refractivity contribution in [1.82, 2.24) is 0 Å². The van der Waals surface area contributed by atoms with Crippen molar-refractivity contribution in [3.05, 3.63) is 144 Å². The van der Waals surface area contributed by atoms with Crippen LogP contribution in [-0.4, -0.2) is 37.1 Å². The van der Waals surface area contributed by atoms with Gasteiger partial charge in [-0.05, 0) is 0 Å². The van der Waals surface area contributed by atoms with E-state index in [1.807, 2.05) is 0 Å². The van der Waals surface area contributed by atoms with Gasteiger partial charge in [-0.2, -0.15) is 0 Å². The van der Waals surface area contributed by atoms with Crippen molar-refractivity contribution >= 4 is 37.1 Å². The molecular formula is C28H20B2F4N4O4-2. The fourth-order valence-electron chi connectivity index (χ4n) is 3.81. The van der Waals surface area contributed by atoms with Gasteiger partial charge in [0, 0.05) is 22.3 Å². The van der Waals surface area contributed by atoms with Gasteiger partial charge in [0.15, 0.2) is 0 Å². The predicted molar refractivity (Wildman–Crippen MR) is 152 cm³/mol. The molecule has 4 aromatic carbocycles. The van der Waals surface area contributed by atoms with Crippen LogP contribution in [0.15, 0.2) is 142 Å². The van der Waals surface area contributed by atoms with Gasteiger partial charge in [-0.25, -0.2) is 0 Å². The van der Waals surface area contributed by atoms with Gasteiger partial charge in [0.25, 0.3) is 0 Å². The molecule has 0 fully saturated rings. The first-order valence-corrected chi connectivity index (χ1v) is 12.6. The van der Waals surface area contributed by atoms with E-state index in [0.717, 1.165) is 0 Å². The van der Waals surface area contributed by atoms with E-state index < -0.39 is 14.2 Å². The quantitative estimate of drug-likeness (QED) is 0.208. The number of benzene rings is 4. The molecule has 0 saturated carbocycles. The molecule has 0 spiro atoms. The normalized spacial score (nSPS) is 16.9. The van der Waals surface area contributed by atoms with E-state index in [2.05, 4.69) is 39.6 Å². The van der Waals surface area contributed by atoms with Gasteiger partial charge in [0.1, 0.15) is 22.8 Å². The average molecular weight is 574 g/mol. The maximum absolute atomic E-state index is 15.1. The molecule has 0 radical (unpaired) electrons. The van der Waals surface area contributed by atoms with E-state index in [-0.39, 0.29) is 45.1 Å². The van der Waals surface area contributed by atoms with Crippen LogP contribution in [0.5, 0.6) is 0 Å². The molecule has 0 atom stereocenters. The van der Waals surface area contributed by atoms with Gasteiger partial charge in [-0.15, -0.1) is 20.6 Å². The molecule has 212 valence electrons. The summed E-state index contributed by atoms with van der Waals surface area (Å²) in [5.74, 6) is 0. The van der Waals surface area contributed by atoms with Gasteiger partial charge < -0.3 is 36.3 Å². The molecule has 4 aromatic rings. The fourth-order valence-corrected chi connectivity index (χ4v) is 3.81. The Hall–Kier alpha value is -5.39. The zero-order chi connectivity index (χ0) is 29.4. The minimum Gasteiger partial charge on any atom is -0.519 e. The summed E-state index contributed by atoms with van der Waals surface area (Å²) < 4.78 is 78.6. The van der Waals surface area contributed by atoms with Crippen molar-refractivity contribution in [1.29, 1.82) is 0 Å². The highest BCUT2D eigenvalue weighted by molar-refractivity contribution is 6.57. The van der Waals surface area contributed by atoms with Crippen molar-refractivity contribution in [2.45, 2.75) is 0 Å². The third-order valence-corrected chi connectivity index (χ3v) is 5.70. The molecule has 1 aliphatic heterocycles. The third kappa shape index (κ3) is 7.02. The summed E-state index contributed by atoms with van der Waals surface area (Å²) in [5, 5.41) is 14.4. The maximum atomic E-state index is 15.1. The van der Waals surface area contributed by atoms with E-state index in [9.17, 15) is 0 Å². The van der Waals surface area contributed by atoms with Crippen LogP contribution in [0.25, 0.3) is 0 Å². The Balaban J connectivity index is 1.68. The lowest BCUT2D eigenvalue weighted by Gasteiger charge is -2.25. The van der Waals surface area contributed by atoms with Gasteiger partial charge in [-0.3, -0.25) is 0 Å². The maximum Gasteiger partial charge on any atom is 0.766 e. The van der Waals surface area contributed by atoms with Crippen LogP contribution < -0.4 is 0 Å². The average Bonchev–Trinajstić information content (AvgIpc) is 3.01. The molecule has 1 aliphatic rings. The molecule has 0 aromatic heterocycles. The lowest BCUT2D eigenvalue weighted by molar-refractivity contribution is 0.0903. The molecule has 8 nitrogen and oxygen atoms in total. The van der Waals surface area contributed by atoms with E-state index in [4.69, 9.17) is 0 Å². The van der Waals surface area contributed by atoms with Gasteiger partial charge >= 0.3 is 14.2 Å².